The molecular weight excluding hydrogens is 124 g/mol. The maximum absolute atomic E-state index is 4.26. The van der Waals surface area contributed by atoms with Crippen molar-refractivity contribution >= 4 is 5.71 Å². The Morgan fingerprint density at radius 3 is 2.30 bits per heavy atom. The van der Waals surface area contributed by atoms with E-state index in [1.807, 2.05) is 13.8 Å². The van der Waals surface area contributed by atoms with E-state index in [2.05, 4.69) is 24.0 Å². The molecule has 0 aromatic carbocycles. The summed E-state index contributed by atoms with van der Waals surface area (Å²) in [4.78, 5) is 0. The van der Waals surface area contributed by atoms with E-state index in [1.54, 1.807) is 0 Å². The van der Waals surface area contributed by atoms with Crippen LogP contribution in [0.5, 0.6) is 0 Å². The lowest BCUT2D eigenvalue weighted by atomic mass is 10.3. The van der Waals surface area contributed by atoms with Crippen LogP contribution in [0, 0.1) is 0 Å². The monoisotopic (exact) mass is 142 g/mol. The third-order valence-corrected chi connectivity index (χ3v) is 1.41. The van der Waals surface area contributed by atoms with Gasteiger partial charge >= 0.3 is 0 Å². The fourth-order valence-corrected chi connectivity index (χ4v) is 0.861. The highest BCUT2D eigenvalue weighted by Gasteiger charge is 2.06. The Balaban J connectivity index is 0.000000371. The molecule has 0 amide bonds. The molecular formula is C8H18N2. The van der Waals surface area contributed by atoms with Crippen LogP contribution in [0.3, 0.4) is 0 Å². The zero-order valence-corrected chi connectivity index (χ0v) is 7.52. The summed E-state index contributed by atoms with van der Waals surface area (Å²) in [5.41, 5.74) is 1.27. The highest BCUT2D eigenvalue weighted by Crippen LogP contribution is 2.03. The van der Waals surface area contributed by atoms with Gasteiger partial charge in [-0.3, -0.25) is 5.01 Å². The molecule has 0 aromatic rings. The van der Waals surface area contributed by atoms with Gasteiger partial charge in [0, 0.05) is 25.2 Å². The van der Waals surface area contributed by atoms with Crippen LogP contribution in [0.25, 0.3) is 0 Å². The molecule has 0 fully saturated rings. The Bertz CT molecular complexity index is 108. The molecule has 2 heteroatoms. The van der Waals surface area contributed by atoms with Crippen LogP contribution in [0.2, 0.25) is 0 Å². The van der Waals surface area contributed by atoms with Gasteiger partial charge in [0.1, 0.15) is 0 Å². The van der Waals surface area contributed by atoms with Crippen LogP contribution in [-0.2, 0) is 0 Å². The summed E-state index contributed by atoms with van der Waals surface area (Å²) in [7, 11) is 0. The number of rotatable bonds is 1. The predicted molar refractivity (Wildman–Crippen MR) is 46.3 cm³/mol. The van der Waals surface area contributed by atoms with Gasteiger partial charge in [0.25, 0.3) is 0 Å². The Morgan fingerprint density at radius 1 is 1.50 bits per heavy atom. The van der Waals surface area contributed by atoms with Crippen molar-refractivity contribution < 1.29 is 0 Å². The minimum absolute atomic E-state index is 1.05. The molecule has 0 bridgehead atoms. The van der Waals surface area contributed by atoms with Crippen molar-refractivity contribution in [3.05, 3.63) is 0 Å². The summed E-state index contributed by atoms with van der Waals surface area (Å²) in [5, 5.41) is 6.35. The number of hydrogen-bond acceptors (Lipinski definition) is 2. The summed E-state index contributed by atoms with van der Waals surface area (Å²) < 4.78 is 0. The fourth-order valence-electron chi connectivity index (χ4n) is 0.861. The summed E-state index contributed by atoms with van der Waals surface area (Å²) in [6.45, 7) is 10.4. The molecule has 60 valence electrons. The molecule has 0 aliphatic carbocycles. The number of hydrogen-bond donors (Lipinski definition) is 0. The second kappa shape index (κ2) is 5.27. The van der Waals surface area contributed by atoms with Crippen LogP contribution in [-0.4, -0.2) is 23.8 Å². The van der Waals surface area contributed by atoms with Crippen LogP contribution in [0.1, 0.15) is 34.1 Å². The van der Waals surface area contributed by atoms with E-state index in [-0.39, 0.29) is 0 Å². The van der Waals surface area contributed by atoms with Crippen LogP contribution in [0.15, 0.2) is 5.10 Å². The minimum atomic E-state index is 1.05. The molecule has 0 radical (unpaired) electrons. The van der Waals surface area contributed by atoms with Gasteiger partial charge in [-0.25, -0.2) is 0 Å². The fraction of sp³-hybridized carbons (Fsp3) is 0.875. The number of nitrogens with zero attached hydrogens (tertiary/aromatic N) is 2. The molecule has 1 aliphatic rings. The van der Waals surface area contributed by atoms with E-state index >= 15 is 0 Å². The van der Waals surface area contributed by atoms with Crippen molar-refractivity contribution in [2.45, 2.75) is 34.1 Å². The Hall–Kier alpha value is -0.530. The largest absolute Gasteiger partial charge is 0.297 e. The average molecular weight is 142 g/mol. The zero-order chi connectivity index (χ0) is 7.98. The first-order valence-corrected chi connectivity index (χ1v) is 4.12. The van der Waals surface area contributed by atoms with E-state index in [4.69, 9.17) is 0 Å². The molecule has 0 unspecified atom stereocenters. The third-order valence-electron chi connectivity index (χ3n) is 1.41. The van der Waals surface area contributed by atoms with Crippen molar-refractivity contribution in [1.82, 2.24) is 5.01 Å². The lowest BCUT2D eigenvalue weighted by Crippen LogP contribution is -2.11. The van der Waals surface area contributed by atoms with E-state index in [0.717, 1.165) is 19.5 Å². The van der Waals surface area contributed by atoms with Gasteiger partial charge in [0.2, 0.25) is 0 Å². The smallest absolute Gasteiger partial charge is 0.0412 e. The predicted octanol–water partition coefficient (Wildman–Crippen LogP) is 2.11. The number of hydrazone groups is 1. The van der Waals surface area contributed by atoms with E-state index in [9.17, 15) is 0 Å². The summed E-state index contributed by atoms with van der Waals surface area (Å²) in [5.74, 6) is 0. The molecule has 1 heterocycles. The van der Waals surface area contributed by atoms with Gasteiger partial charge in [-0.15, -0.1) is 0 Å². The highest BCUT2D eigenvalue weighted by atomic mass is 15.5. The minimum Gasteiger partial charge on any atom is -0.297 e. The highest BCUT2D eigenvalue weighted by molar-refractivity contribution is 5.82. The second-order valence-corrected chi connectivity index (χ2v) is 2.13. The van der Waals surface area contributed by atoms with Gasteiger partial charge in [0.05, 0.1) is 0 Å². The molecule has 2 nitrogen and oxygen atoms in total. The SMILES string of the molecule is CC.CCN1CCC(C)=N1. The molecule has 1 aliphatic heterocycles. The quantitative estimate of drug-likeness (QED) is 0.547. The topological polar surface area (TPSA) is 15.6 Å². The third kappa shape index (κ3) is 2.85. The van der Waals surface area contributed by atoms with Gasteiger partial charge in [-0.05, 0) is 13.8 Å². The van der Waals surface area contributed by atoms with E-state index in [1.165, 1.54) is 5.71 Å². The van der Waals surface area contributed by atoms with Crippen LogP contribution < -0.4 is 0 Å². The molecule has 1 rings (SSSR count). The first-order chi connectivity index (χ1) is 4.83. The van der Waals surface area contributed by atoms with Crippen molar-refractivity contribution in [2.24, 2.45) is 5.10 Å². The summed E-state index contributed by atoms with van der Waals surface area (Å²) in [6.07, 6.45) is 1.16. The average Bonchev–Trinajstić information content (AvgIpc) is 2.40. The van der Waals surface area contributed by atoms with Crippen molar-refractivity contribution in [3.63, 3.8) is 0 Å². The van der Waals surface area contributed by atoms with Gasteiger partial charge in [0.15, 0.2) is 0 Å². The molecule has 10 heavy (non-hydrogen) atoms. The van der Waals surface area contributed by atoms with Gasteiger partial charge in [-0.2, -0.15) is 5.10 Å². The van der Waals surface area contributed by atoms with Crippen molar-refractivity contribution in [1.29, 1.82) is 0 Å². The maximum atomic E-state index is 4.26. The first kappa shape index (κ1) is 9.47. The second-order valence-electron chi connectivity index (χ2n) is 2.13. The molecule has 0 spiro atoms. The lowest BCUT2D eigenvalue weighted by Gasteiger charge is -2.07. The molecule has 0 aromatic heterocycles. The van der Waals surface area contributed by atoms with Crippen LogP contribution in [0.4, 0.5) is 0 Å². The van der Waals surface area contributed by atoms with Crippen molar-refractivity contribution in [3.8, 4) is 0 Å². The lowest BCUT2D eigenvalue weighted by molar-refractivity contribution is 0.336. The maximum Gasteiger partial charge on any atom is 0.0412 e. The molecule has 0 N–H and O–H groups in total. The first-order valence-electron chi connectivity index (χ1n) is 4.12. The molecule has 0 saturated heterocycles. The summed E-state index contributed by atoms with van der Waals surface area (Å²) >= 11 is 0. The summed E-state index contributed by atoms with van der Waals surface area (Å²) in [6, 6.07) is 0. The Labute approximate surface area is 63.9 Å². The molecule has 0 atom stereocenters. The van der Waals surface area contributed by atoms with Crippen LogP contribution >= 0.6 is 0 Å². The normalized spacial score (nSPS) is 16.0. The van der Waals surface area contributed by atoms with E-state index in [0.29, 0.717) is 0 Å². The molecule has 0 saturated carbocycles. The standard InChI is InChI=1S/C6H12N2.C2H6/c1-3-8-5-4-6(2)7-8;1-2/h3-5H2,1-2H3;1-2H3. The van der Waals surface area contributed by atoms with E-state index < -0.39 is 0 Å². The Kier molecular flexibility index (Phi) is 4.99. The van der Waals surface area contributed by atoms with Crippen molar-refractivity contribution in [2.75, 3.05) is 13.1 Å². The van der Waals surface area contributed by atoms with Gasteiger partial charge < -0.3 is 0 Å². The van der Waals surface area contributed by atoms with Gasteiger partial charge in [-0.1, -0.05) is 13.8 Å². The Morgan fingerprint density at radius 2 is 2.10 bits per heavy atom. The zero-order valence-electron chi connectivity index (χ0n) is 7.52.